The van der Waals surface area contributed by atoms with Crippen LogP contribution in [-0.4, -0.2) is 59.2 Å². The molecule has 3 amide bonds. The van der Waals surface area contributed by atoms with Crippen molar-refractivity contribution < 1.29 is 23.9 Å². The maximum Gasteiger partial charge on any atom is 0.326 e. The zero-order valence-electron chi connectivity index (χ0n) is 16.3. The lowest BCUT2D eigenvalue weighted by Gasteiger charge is -2.38. The number of nitrogens with zero attached hydrogens (tertiary/aromatic N) is 3. The molecule has 0 radical (unpaired) electrons. The quantitative estimate of drug-likeness (QED) is 0.519. The molecule has 28 heavy (non-hydrogen) atoms. The third kappa shape index (κ3) is 3.75. The molecule has 2 aliphatic carbocycles. The van der Waals surface area contributed by atoms with Gasteiger partial charge in [0.05, 0.1) is 17.9 Å². The number of imide groups is 1. The summed E-state index contributed by atoms with van der Waals surface area (Å²) in [6.45, 7) is -0.951. The first-order valence-corrected chi connectivity index (χ1v) is 10.1. The van der Waals surface area contributed by atoms with Gasteiger partial charge < -0.3 is 9.64 Å². The number of ether oxygens (including phenoxy) is 1. The van der Waals surface area contributed by atoms with E-state index in [-0.39, 0.29) is 23.7 Å². The van der Waals surface area contributed by atoms with Gasteiger partial charge in [-0.1, -0.05) is 32.1 Å². The Labute approximate surface area is 164 Å². The van der Waals surface area contributed by atoms with Gasteiger partial charge in [-0.05, 0) is 25.7 Å². The van der Waals surface area contributed by atoms with Gasteiger partial charge in [0.1, 0.15) is 12.1 Å². The normalized spacial score (nSPS) is 26.4. The maximum atomic E-state index is 12.4. The molecule has 1 saturated heterocycles. The number of likely N-dealkylation sites (N-methyl/N-ethyl adjacent to an activating group) is 1. The van der Waals surface area contributed by atoms with Crippen molar-refractivity contribution in [2.45, 2.75) is 63.3 Å². The minimum atomic E-state index is -0.849. The lowest BCUT2D eigenvalue weighted by Crippen LogP contribution is -2.51. The Balaban J connectivity index is 1.53. The summed E-state index contributed by atoms with van der Waals surface area (Å²) in [5.74, 6) is -2.48. The number of likely N-dealkylation sites (tertiary alicyclic amines) is 1. The van der Waals surface area contributed by atoms with Gasteiger partial charge in [0.25, 0.3) is 5.91 Å². The molecule has 0 aromatic rings. The molecule has 8 heteroatoms. The first kappa shape index (κ1) is 20.3. The van der Waals surface area contributed by atoms with Crippen LogP contribution in [-0.2, 0) is 23.9 Å². The van der Waals surface area contributed by atoms with Gasteiger partial charge in [-0.2, -0.15) is 5.26 Å². The molecule has 0 aromatic heterocycles. The molecule has 3 rings (SSSR count). The van der Waals surface area contributed by atoms with Crippen LogP contribution in [0.2, 0.25) is 0 Å². The van der Waals surface area contributed by atoms with Crippen LogP contribution in [0.25, 0.3) is 0 Å². The second kappa shape index (κ2) is 8.29. The summed E-state index contributed by atoms with van der Waals surface area (Å²) in [7, 11) is 1.56. The van der Waals surface area contributed by atoms with Gasteiger partial charge in [-0.15, -0.1) is 0 Å². The molecule has 0 aromatic carbocycles. The summed E-state index contributed by atoms with van der Waals surface area (Å²) in [5, 5.41) is 9.55. The fourth-order valence-electron chi connectivity index (χ4n) is 4.70. The molecule has 1 aliphatic heterocycles. The van der Waals surface area contributed by atoms with Gasteiger partial charge in [0.2, 0.25) is 11.8 Å². The Bertz CT molecular complexity index is 683. The lowest BCUT2D eigenvalue weighted by atomic mass is 9.81. The summed E-state index contributed by atoms with van der Waals surface area (Å²) in [5.41, 5.74) is -0.849. The number of carbonyl (C=O) groups is 4. The topological polar surface area (TPSA) is 108 Å². The highest BCUT2D eigenvalue weighted by Crippen LogP contribution is 2.38. The average molecular weight is 389 g/mol. The Morgan fingerprint density at radius 1 is 1.11 bits per heavy atom. The van der Waals surface area contributed by atoms with Crippen molar-refractivity contribution in [2.24, 2.45) is 11.8 Å². The van der Waals surface area contributed by atoms with E-state index in [0.29, 0.717) is 25.7 Å². The predicted octanol–water partition coefficient (Wildman–Crippen LogP) is 1.39. The van der Waals surface area contributed by atoms with E-state index < -0.39 is 30.6 Å². The van der Waals surface area contributed by atoms with Crippen LogP contribution in [0.15, 0.2) is 0 Å². The van der Waals surface area contributed by atoms with E-state index in [1.165, 1.54) is 4.90 Å². The summed E-state index contributed by atoms with van der Waals surface area (Å²) >= 11 is 0. The van der Waals surface area contributed by atoms with Crippen molar-refractivity contribution in [1.82, 2.24) is 9.80 Å². The second-order valence-electron chi connectivity index (χ2n) is 8.08. The number of hydrogen-bond acceptors (Lipinski definition) is 6. The fourth-order valence-corrected chi connectivity index (χ4v) is 4.70. The van der Waals surface area contributed by atoms with Crippen LogP contribution in [0.4, 0.5) is 0 Å². The number of amides is 3. The molecule has 2 atom stereocenters. The highest BCUT2D eigenvalue weighted by atomic mass is 16.5. The Morgan fingerprint density at radius 2 is 1.68 bits per heavy atom. The molecule has 0 bridgehead atoms. The second-order valence-corrected chi connectivity index (χ2v) is 8.08. The van der Waals surface area contributed by atoms with Crippen LogP contribution in [0.5, 0.6) is 0 Å². The number of nitriles is 1. The van der Waals surface area contributed by atoms with Crippen molar-refractivity contribution >= 4 is 23.7 Å². The highest BCUT2D eigenvalue weighted by molar-refractivity contribution is 6.07. The van der Waals surface area contributed by atoms with E-state index in [0.717, 1.165) is 37.0 Å². The zero-order chi connectivity index (χ0) is 20.3. The summed E-state index contributed by atoms with van der Waals surface area (Å²) < 4.78 is 5.03. The monoisotopic (exact) mass is 389 g/mol. The van der Waals surface area contributed by atoms with Gasteiger partial charge in [0.15, 0.2) is 6.61 Å². The van der Waals surface area contributed by atoms with E-state index >= 15 is 0 Å². The highest BCUT2D eigenvalue weighted by Gasteiger charge is 2.48. The maximum absolute atomic E-state index is 12.4. The fraction of sp³-hybridized carbons (Fsp3) is 0.750. The largest absolute Gasteiger partial charge is 0.454 e. The summed E-state index contributed by atoms with van der Waals surface area (Å²) in [6, 6.07) is 2.25. The SMILES string of the molecule is CN(C(=O)COC(=O)CN1C(=O)C2CCCCC2C1=O)C1(C#N)CCCCC1. The third-order valence-electron chi connectivity index (χ3n) is 6.48. The van der Waals surface area contributed by atoms with Crippen LogP contribution in [0.3, 0.4) is 0 Å². The van der Waals surface area contributed by atoms with E-state index in [4.69, 9.17) is 4.74 Å². The van der Waals surface area contributed by atoms with Crippen molar-refractivity contribution in [3.63, 3.8) is 0 Å². The zero-order valence-corrected chi connectivity index (χ0v) is 16.3. The average Bonchev–Trinajstić information content (AvgIpc) is 2.97. The van der Waals surface area contributed by atoms with Gasteiger partial charge in [0, 0.05) is 7.05 Å². The lowest BCUT2D eigenvalue weighted by molar-refractivity contribution is -0.157. The molecular formula is C20H27N3O5. The Morgan fingerprint density at radius 3 is 2.21 bits per heavy atom. The van der Waals surface area contributed by atoms with Crippen molar-refractivity contribution in [2.75, 3.05) is 20.2 Å². The molecule has 3 fully saturated rings. The minimum Gasteiger partial charge on any atom is -0.454 e. The van der Waals surface area contributed by atoms with E-state index in [1.54, 1.807) is 7.05 Å². The van der Waals surface area contributed by atoms with Crippen molar-refractivity contribution in [3.8, 4) is 6.07 Å². The molecule has 2 saturated carbocycles. The number of carbonyl (C=O) groups excluding carboxylic acids is 4. The van der Waals surface area contributed by atoms with Crippen LogP contribution in [0.1, 0.15) is 57.8 Å². The number of hydrogen-bond donors (Lipinski definition) is 0. The van der Waals surface area contributed by atoms with Crippen molar-refractivity contribution in [1.29, 1.82) is 5.26 Å². The van der Waals surface area contributed by atoms with Gasteiger partial charge in [-0.3, -0.25) is 24.1 Å². The summed E-state index contributed by atoms with van der Waals surface area (Å²) in [6.07, 6.45) is 7.22. The molecule has 152 valence electrons. The van der Waals surface area contributed by atoms with E-state index in [1.807, 2.05) is 0 Å². The molecule has 0 spiro atoms. The molecule has 3 aliphatic rings. The molecule has 0 N–H and O–H groups in total. The Kier molecular flexibility index (Phi) is 6.01. The van der Waals surface area contributed by atoms with E-state index in [2.05, 4.69) is 6.07 Å². The third-order valence-corrected chi connectivity index (χ3v) is 6.48. The van der Waals surface area contributed by atoms with Gasteiger partial charge >= 0.3 is 5.97 Å². The smallest absolute Gasteiger partial charge is 0.326 e. The molecule has 1 heterocycles. The first-order valence-electron chi connectivity index (χ1n) is 10.1. The number of rotatable bonds is 5. The van der Waals surface area contributed by atoms with E-state index in [9.17, 15) is 24.4 Å². The van der Waals surface area contributed by atoms with Crippen LogP contribution < -0.4 is 0 Å². The predicted molar refractivity (Wildman–Crippen MR) is 97.3 cm³/mol. The minimum absolute atomic E-state index is 0.305. The van der Waals surface area contributed by atoms with Crippen LogP contribution in [0, 0.1) is 23.2 Å². The first-order chi connectivity index (χ1) is 13.4. The standard InChI is InChI=1S/C20H27N3O5/c1-22(20(13-21)9-5-2-6-10-20)16(24)12-28-17(25)11-23-18(26)14-7-3-4-8-15(14)19(23)27/h14-15H,2-12H2,1H3. The molecule has 2 unspecified atom stereocenters. The van der Waals surface area contributed by atoms with Crippen molar-refractivity contribution in [3.05, 3.63) is 0 Å². The number of esters is 1. The van der Waals surface area contributed by atoms with Crippen LogP contribution >= 0.6 is 0 Å². The molecule has 8 nitrogen and oxygen atoms in total. The summed E-state index contributed by atoms with van der Waals surface area (Å²) in [4.78, 5) is 51.7. The molecular weight excluding hydrogens is 362 g/mol. The Hall–Kier alpha value is -2.43. The van der Waals surface area contributed by atoms with Gasteiger partial charge in [-0.25, -0.2) is 0 Å². The number of fused-ring (bicyclic) bond motifs is 1.